The molecule has 0 spiro atoms. The number of carbonyl (C=O) groups is 1. The van der Waals surface area contributed by atoms with Crippen molar-refractivity contribution in [1.82, 2.24) is 5.32 Å². The second-order valence-corrected chi connectivity index (χ2v) is 5.33. The van der Waals surface area contributed by atoms with Crippen LogP contribution in [0, 0.1) is 6.92 Å². The van der Waals surface area contributed by atoms with Crippen molar-refractivity contribution in [3.63, 3.8) is 0 Å². The molecule has 2 aromatic carbocycles. The van der Waals surface area contributed by atoms with Crippen LogP contribution in [-0.2, 0) is 0 Å². The highest BCUT2D eigenvalue weighted by Crippen LogP contribution is 2.27. The lowest BCUT2D eigenvalue weighted by atomic mass is 10.2. The van der Waals surface area contributed by atoms with Crippen molar-refractivity contribution >= 4 is 23.3 Å². The number of rotatable bonds is 6. The Morgan fingerprint density at radius 1 is 1.22 bits per heavy atom. The molecule has 5 nitrogen and oxygen atoms in total. The Morgan fingerprint density at radius 2 is 2.04 bits per heavy atom. The molecule has 0 bridgehead atoms. The zero-order valence-corrected chi connectivity index (χ0v) is 13.8. The highest BCUT2D eigenvalue weighted by atomic mass is 35.5. The molecule has 0 aliphatic heterocycles. The van der Waals surface area contributed by atoms with E-state index in [-0.39, 0.29) is 6.03 Å². The highest BCUT2D eigenvalue weighted by Gasteiger charge is 2.07. The lowest BCUT2D eigenvalue weighted by molar-refractivity contribution is 0.247. The van der Waals surface area contributed by atoms with Gasteiger partial charge in [-0.1, -0.05) is 23.7 Å². The van der Waals surface area contributed by atoms with E-state index in [9.17, 15) is 4.79 Å². The van der Waals surface area contributed by atoms with E-state index < -0.39 is 0 Å². The standard InChI is InChI=1S/C17H19ClN2O3/c1-12-4-3-5-14(10-12)23-9-8-19-17(21)20-15-11-13(18)6-7-16(15)22-2/h3-7,10-11H,8-9H2,1-2H3,(H2,19,20,21). The first-order valence-corrected chi connectivity index (χ1v) is 7.54. The van der Waals surface area contributed by atoms with Crippen molar-refractivity contribution in [3.05, 3.63) is 53.1 Å². The van der Waals surface area contributed by atoms with Crippen LogP contribution < -0.4 is 20.1 Å². The Bertz CT molecular complexity index is 677. The Balaban J connectivity index is 1.78. The average molecular weight is 335 g/mol. The summed E-state index contributed by atoms with van der Waals surface area (Å²) in [6.45, 7) is 2.75. The van der Waals surface area contributed by atoms with Crippen molar-refractivity contribution in [3.8, 4) is 11.5 Å². The minimum absolute atomic E-state index is 0.349. The van der Waals surface area contributed by atoms with Crippen LogP contribution in [0.5, 0.6) is 11.5 Å². The molecule has 23 heavy (non-hydrogen) atoms. The van der Waals surface area contributed by atoms with Gasteiger partial charge >= 0.3 is 6.03 Å². The van der Waals surface area contributed by atoms with Gasteiger partial charge in [-0.2, -0.15) is 0 Å². The van der Waals surface area contributed by atoms with Crippen molar-refractivity contribution in [2.75, 3.05) is 25.6 Å². The van der Waals surface area contributed by atoms with Gasteiger partial charge in [0, 0.05) is 5.02 Å². The van der Waals surface area contributed by atoms with Crippen LogP contribution in [0.2, 0.25) is 5.02 Å². The Labute approximate surface area is 140 Å². The smallest absolute Gasteiger partial charge is 0.319 e. The number of anilines is 1. The van der Waals surface area contributed by atoms with Gasteiger partial charge in [-0.15, -0.1) is 0 Å². The number of amides is 2. The number of urea groups is 1. The van der Waals surface area contributed by atoms with Gasteiger partial charge in [0.15, 0.2) is 0 Å². The number of ether oxygens (including phenoxy) is 2. The zero-order valence-electron chi connectivity index (χ0n) is 13.1. The number of nitrogens with one attached hydrogen (secondary N) is 2. The zero-order chi connectivity index (χ0) is 16.7. The first-order chi connectivity index (χ1) is 11.1. The molecule has 6 heteroatoms. The van der Waals surface area contributed by atoms with E-state index in [1.807, 2.05) is 31.2 Å². The van der Waals surface area contributed by atoms with Crippen molar-refractivity contribution in [1.29, 1.82) is 0 Å². The molecule has 0 saturated carbocycles. The molecular formula is C17H19ClN2O3. The average Bonchev–Trinajstić information content (AvgIpc) is 2.52. The summed E-state index contributed by atoms with van der Waals surface area (Å²) in [7, 11) is 1.53. The SMILES string of the molecule is COc1ccc(Cl)cc1NC(=O)NCCOc1cccc(C)c1. The molecule has 0 radical (unpaired) electrons. The monoisotopic (exact) mass is 334 g/mol. The van der Waals surface area contributed by atoms with Gasteiger partial charge in [0.2, 0.25) is 0 Å². The number of carbonyl (C=O) groups excluding carboxylic acids is 1. The molecular weight excluding hydrogens is 316 g/mol. The first-order valence-electron chi connectivity index (χ1n) is 7.16. The fourth-order valence-electron chi connectivity index (χ4n) is 1.98. The normalized spacial score (nSPS) is 10.0. The summed E-state index contributed by atoms with van der Waals surface area (Å²) < 4.78 is 10.7. The van der Waals surface area contributed by atoms with Crippen molar-refractivity contribution < 1.29 is 14.3 Å². The third-order valence-corrected chi connectivity index (χ3v) is 3.29. The minimum atomic E-state index is -0.349. The molecule has 0 aliphatic rings. The first kappa shape index (κ1) is 17.0. The maximum Gasteiger partial charge on any atom is 0.319 e. The molecule has 0 saturated heterocycles. The van der Waals surface area contributed by atoms with Gasteiger partial charge in [0.25, 0.3) is 0 Å². The summed E-state index contributed by atoms with van der Waals surface area (Å²) in [6.07, 6.45) is 0. The molecule has 122 valence electrons. The largest absolute Gasteiger partial charge is 0.495 e. The van der Waals surface area contributed by atoms with E-state index >= 15 is 0 Å². The third kappa shape index (κ3) is 5.38. The molecule has 0 fully saturated rings. The van der Waals surface area contributed by atoms with Crippen LogP contribution in [0.1, 0.15) is 5.56 Å². The maximum atomic E-state index is 11.9. The van der Waals surface area contributed by atoms with Crippen LogP contribution in [-0.4, -0.2) is 26.3 Å². The summed E-state index contributed by atoms with van der Waals surface area (Å²) in [5.74, 6) is 1.32. The summed E-state index contributed by atoms with van der Waals surface area (Å²) in [4.78, 5) is 11.9. The van der Waals surface area contributed by atoms with Gasteiger partial charge in [0.1, 0.15) is 18.1 Å². The van der Waals surface area contributed by atoms with Gasteiger partial charge in [-0.05, 0) is 42.8 Å². The van der Waals surface area contributed by atoms with Crippen molar-refractivity contribution in [2.24, 2.45) is 0 Å². The van der Waals surface area contributed by atoms with E-state index in [4.69, 9.17) is 21.1 Å². The van der Waals surface area contributed by atoms with Crippen LogP contribution >= 0.6 is 11.6 Å². The number of benzene rings is 2. The fourth-order valence-corrected chi connectivity index (χ4v) is 2.16. The molecule has 0 atom stereocenters. The summed E-state index contributed by atoms with van der Waals surface area (Å²) in [5, 5.41) is 5.93. The molecule has 0 aromatic heterocycles. The summed E-state index contributed by atoms with van der Waals surface area (Å²) in [6, 6.07) is 12.4. The third-order valence-electron chi connectivity index (χ3n) is 3.06. The molecule has 2 aromatic rings. The second kappa shape index (κ2) is 8.29. The van der Waals surface area contributed by atoms with Gasteiger partial charge in [-0.3, -0.25) is 0 Å². The molecule has 0 aliphatic carbocycles. The Morgan fingerprint density at radius 3 is 2.78 bits per heavy atom. The number of hydrogen-bond donors (Lipinski definition) is 2. The van der Waals surface area contributed by atoms with Crippen molar-refractivity contribution in [2.45, 2.75) is 6.92 Å². The number of aryl methyl sites for hydroxylation is 1. The Kier molecular flexibility index (Phi) is 6.11. The second-order valence-electron chi connectivity index (χ2n) is 4.89. The fraction of sp³-hybridized carbons (Fsp3) is 0.235. The highest BCUT2D eigenvalue weighted by molar-refractivity contribution is 6.31. The predicted molar refractivity (Wildman–Crippen MR) is 91.7 cm³/mol. The van der Waals surface area contributed by atoms with Gasteiger partial charge in [0.05, 0.1) is 19.3 Å². The van der Waals surface area contributed by atoms with Crippen LogP contribution in [0.25, 0.3) is 0 Å². The molecule has 0 heterocycles. The summed E-state index contributed by atoms with van der Waals surface area (Å²) in [5.41, 5.74) is 1.64. The topological polar surface area (TPSA) is 59.6 Å². The lowest BCUT2D eigenvalue weighted by Gasteiger charge is -2.12. The molecule has 2 N–H and O–H groups in total. The number of hydrogen-bond acceptors (Lipinski definition) is 3. The van der Waals surface area contributed by atoms with E-state index in [0.717, 1.165) is 11.3 Å². The van der Waals surface area contributed by atoms with E-state index in [1.165, 1.54) is 7.11 Å². The van der Waals surface area contributed by atoms with Gasteiger partial charge in [-0.25, -0.2) is 4.79 Å². The number of halogens is 1. The predicted octanol–water partition coefficient (Wildman–Crippen LogP) is 3.86. The van der Waals surface area contributed by atoms with Crippen LogP contribution in [0.15, 0.2) is 42.5 Å². The lowest BCUT2D eigenvalue weighted by Crippen LogP contribution is -2.32. The van der Waals surface area contributed by atoms with E-state index in [1.54, 1.807) is 18.2 Å². The Hall–Kier alpha value is -2.40. The molecule has 2 rings (SSSR count). The van der Waals surface area contributed by atoms with Crippen LogP contribution in [0.3, 0.4) is 0 Å². The maximum absolute atomic E-state index is 11.9. The van der Waals surface area contributed by atoms with E-state index in [2.05, 4.69) is 10.6 Å². The summed E-state index contributed by atoms with van der Waals surface area (Å²) >= 11 is 5.92. The van der Waals surface area contributed by atoms with Crippen LogP contribution in [0.4, 0.5) is 10.5 Å². The molecule has 2 amide bonds. The van der Waals surface area contributed by atoms with Gasteiger partial charge < -0.3 is 20.1 Å². The number of methoxy groups -OCH3 is 1. The minimum Gasteiger partial charge on any atom is -0.495 e. The van der Waals surface area contributed by atoms with E-state index in [0.29, 0.717) is 29.6 Å². The molecule has 0 unspecified atom stereocenters. The quantitative estimate of drug-likeness (QED) is 0.789.